The second-order valence-electron chi connectivity index (χ2n) is 6.08. The second-order valence-corrected chi connectivity index (χ2v) is 6.08. The van der Waals surface area contributed by atoms with Crippen LogP contribution in [-0.4, -0.2) is 17.1 Å². The third-order valence-electron chi connectivity index (χ3n) is 2.99. The van der Waals surface area contributed by atoms with Crippen molar-refractivity contribution in [3.05, 3.63) is 36.0 Å². The highest BCUT2D eigenvalue weighted by atomic mass is 16.5. The van der Waals surface area contributed by atoms with Crippen LogP contribution in [0.1, 0.15) is 39.8 Å². The van der Waals surface area contributed by atoms with Crippen molar-refractivity contribution in [1.29, 1.82) is 0 Å². The van der Waals surface area contributed by atoms with Gasteiger partial charge in [-0.25, -0.2) is 0 Å². The molecule has 0 radical (unpaired) electrons. The van der Waals surface area contributed by atoms with E-state index in [0.29, 0.717) is 0 Å². The summed E-state index contributed by atoms with van der Waals surface area (Å²) in [6.07, 6.45) is 1.01. The van der Waals surface area contributed by atoms with E-state index in [-0.39, 0.29) is 5.54 Å². The molecule has 0 fully saturated rings. The molecule has 1 N–H and O–H groups in total. The third-order valence-corrected chi connectivity index (χ3v) is 2.99. The van der Waals surface area contributed by atoms with Gasteiger partial charge in [-0.15, -0.1) is 0 Å². The second kappa shape index (κ2) is 6.23. The van der Waals surface area contributed by atoms with Crippen molar-refractivity contribution >= 4 is 10.9 Å². The van der Waals surface area contributed by atoms with E-state index in [1.54, 1.807) is 0 Å². The van der Waals surface area contributed by atoms with Crippen LogP contribution in [0.2, 0.25) is 0 Å². The van der Waals surface area contributed by atoms with Crippen molar-refractivity contribution in [2.24, 2.45) is 0 Å². The van der Waals surface area contributed by atoms with Gasteiger partial charge in [-0.1, -0.05) is 19.1 Å². The van der Waals surface area contributed by atoms with Crippen LogP contribution < -0.4 is 10.1 Å². The smallest absolute Gasteiger partial charge is 0.130 e. The van der Waals surface area contributed by atoms with E-state index in [9.17, 15) is 0 Å². The Kier molecular flexibility index (Phi) is 4.61. The summed E-state index contributed by atoms with van der Waals surface area (Å²) in [6.45, 7) is 10.1. The fraction of sp³-hybridized carbons (Fsp3) is 0.471. The Morgan fingerprint density at radius 3 is 2.65 bits per heavy atom. The first-order valence-corrected chi connectivity index (χ1v) is 7.26. The first-order valence-electron chi connectivity index (χ1n) is 7.26. The van der Waals surface area contributed by atoms with Gasteiger partial charge in [0.1, 0.15) is 5.75 Å². The van der Waals surface area contributed by atoms with E-state index in [1.165, 1.54) is 0 Å². The van der Waals surface area contributed by atoms with E-state index < -0.39 is 0 Å². The summed E-state index contributed by atoms with van der Waals surface area (Å²) < 4.78 is 5.87. The third kappa shape index (κ3) is 3.94. The van der Waals surface area contributed by atoms with Crippen LogP contribution in [0.3, 0.4) is 0 Å². The Labute approximate surface area is 121 Å². The number of pyridine rings is 1. The summed E-state index contributed by atoms with van der Waals surface area (Å²) >= 11 is 0. The molecule has 20 heavy (non-hydrogen) atoms. The van der Waals surface area contributed by atoms with Gasteiger partial charge in [-0.3, -0.25) is 4.98 Å². The van der Waals surface area contributed by atoms with Crippen molar-refractivity contribution in [1.82, 2.24) is 10.3 Å². The van der Waals surface area contributed by atoms with Gasteiger partial charge in [0.15, 0.2) is 0 Å². The average Bonchev–Trinajstić information content (AvgIpc) is 2.41. The van der Waals surface area contributed by atoms with Crippen molar-refractivity contribution in [3.8, 4) is 5.75 Å². The number of para-hydroxylation sites is 1. The number of hydrogen-bond acceptors (Lipinski definition) is 3. The number of aromatic nitrogens is 1. The quantitative estimate of drug-likeness (QED) is 0.896. The number of nitrogens with one attached hydrogen (secondary N) is 1. The van der Waals surface area contributed by atoms with Crippen LogP contribution in [0.15, 0.2) is 30.3 Å². The SMILES string of the molecule is CCCOc1cc(CNC(C)(C)C)nc2ccccc12. The predicted molar refractivity (Wildman–Crippen MR) is 84.1 cm³/mol. The molecule has 0 saturated heterocycles. The molecule has 0 unspecified atom stereocenters. The molecule has 1 aromatic heterocycles. The average molecular weight is 272 g/mol. The molecular weight excluding hydrogens is 248 g/mol. The first kappa shape index (κ1) is 14.8. The van der Waals surface area contributed by atoms with E-state index in [1.807, 2.05) is 18.2 Å². The highest BCUT2D eigenvalue weighted by Crippen LogP contribution is 2.25. The fourth-order valence-corrected chi connectivity index (χ4v) is 1.97. The Morgan fingerprint density at radius 2 is 1.95 bits per heavy atom. The number of fused-ring (bicyclic) bond motifs is 1. The van der Waals surface area contributed by atoms with E-state index in [0.717, 1.165) is 41.9 Å². The normalized spacial score (nSPS) is 11.8. The van der Waals surface area contributed by atoms with E-state index >= 15 is 0 Å². The first-order chi connectivity index (χ1) is 9.49. The zero-order valence-corrected chi connectivity index (χ0v) is 12.9. The van der Waals surface area contributed by atoms with Gasteiger partial charge in [0, 0.05) is 23.5 Å². The maximum Gasteiger partial charge on any atom is 0.130 e. The lowest BCUT2D eigenvalue weighted by Gasteiger charge is -2.20. The number of hydrogen-bond donors (Lipinski definition) is 1. The Bertz CT molecular complexity index is 573. The molecule has 0 bridgehead atoms. The lowest BCUT2D eigenvalue weighted by molar-refractivity contribution is 0.320. The van der Waals surface area contributed by atoms with Gasteiger partial charge in [0.2, 0.25) is 0 Å². The molecule has 0 aliphatic carbocycles. The minimum Gasteiger partial charge on any atom is -0.493 e. The highest BCUT2D eigenvalue weighted by Gasteiger charge is 2.11. The molecule has 0 amide bonds. The maximum absolute atomic E-state index is 5.87. The molecule has 0 saturated carbocycles. The minimum atomic E-state index is 0.0811. The van der Waals surface area contributed by atoms with E-state index in [4.69, 9.17) is 9.72 Å². The van der Waals surface area contributed by atoms with Gasteiger partial charge < -0.3 is 10.1 Å². The van der Waals surface area contributed by atoms with Crippen LogP contribution in [0, 0.1) is 0 Å². The largest absolute Gasteiger partial charge is 0.493 e. The maximum atomic E-state index is 5.87. The summed E-state index contributed by atoms with van der Waals surface area (Å²) in [5.41, 5.74) is 2.09. The number of rotatable bonds is 5. The molecule has 3 heteroatoms. The Hall–Kier alpha value is -1.61. The molecule has 0 atom stereocenters. The van der Waals surface area contributed by atoms with Crippen molar-refractivity contribution in [3.63, 3.8) is 0 Å². The topological polar surface area (TPSA) is 34.1 Å². The molecule has 0 aliphatic rings. The van der Waals surface area contributed by atoms with Crippen molar-refractivity contribution in [2.75, 3.05) is 6.61 Å². The van der Waals surface area contributed by atoms with Gasteiger partial charge in [-0.05, 0) is 39.3 Å². The van der Waals surface area contributed by atoms with Crippen molar-refractivity contribution < 1.29 is 4.74 Å². The predicted octanol–water partition coefficient (Wildman–Crippen LogP) is 3.91. The fourth-order valence-electron chi connectivity index (χ4n) is 1.97. The Balaban J connectivity index is 2.31. The van der Waals surface area contributed by atoms with Crippen LogP contribution in [-0.2, 0) is 6.54 Å². The summed E-state index contributed by atoms with van der Waals surface area (Å²) in [5, 5.41) is 4.55. The monoisotopic (exact) mass is 272 g/mol. The minimum absolute atomic E-state index is 0.0811. The lowest BCUT2D eigenvalue weighted by Crippen LogP contribution is -2.35. The molecule has 0 spiro atoms. The lowest BCUT2D eigenvalue weighted by atomic mass is 10.1. The molecule has 1 heterocycles. The van der Waals surface area contributed by atoms with Crippen LogP contribution in [0.25, 0.3) is 10.9 Å². The van der Waals surface area contributed by atoms with Gasteiger partial charge in [0.05, 0.1) is 17.8 Å². The molecule has 0 aliphatic heterocycles. The summed E-state index contributed by atoms with van der Waals surface area (Å²) in [7, 11) is 0. The van der Waals surface area contributed by atoms with Crippen LogP contribution in [0.4, 0.5) is 0 Å². The number of ether oxygens (including phenoxy) is 1. The van der Waals surface area contributed by atoms with E-state index in [2.05, 4.69) is 45.1 Å². The zero-order chi connectivity index (χ0) is 14.6. The Morgan fingerprint density at radius 1 is 1.20 bits per heavy atom. The summed E-state index contributed by atoms with van der Waals surface area (Å²) in [6, 6.07) is 10.2. The van der Waals surface area contributed by atoms with Gasteiger partial charge >= 0.3 is 0 Å². The molecule has 108 valence electrons. The number of nitrogens with zero attached hydrogens (tertiary/aromatic N) is 1. The van der Waals surface area contributed by atoms with Crippen molar-refractivity contribution in [2.45, 2.75) is 46.2 Å². The highest BCUT2D eigenvalue weighted by molar-refractivity contribution is 5.85. The van der Waals surface area contributed by atoms with Crippen LogP contribution >= 0.6 is 0 Å². The van der Waals surface area contributed by atoms with Gasteiger partial charge in [-0.2, -0.15) is 0 Å². The zero-order valence-electron chi connectivity index (χ0n) is 12.9. The molecule has 2 rings (SSSR count). The molecular formula is C17H24N2O. The standard InChI is InChI=1S/C17H24N2O/c1-5-10-20-16-11-13(12-18-17(2,3)4)19-15-9-7-6-8-14(15)16/h6-9,11,18H,5,10,12H2,1-4H3. The molecule has 1 aromatic carbocycles. The summed E-state index contributed by atoms with van der Waals surface area (Å²) in [4.78, 5) is 4.70. The molecule has 2 aromatic rings. The molecule has 3 nitrogen and oxygen atoms in total. The van der Waals surface area contributed by atoms with Gasteiger partial charge in [0.25, 0.3) is 0 Å². The summed E-state index contributed by atoms with van der Waals surface area (Å²) in [5.74, 6) is 0.933. The van der Waals surface area contributed by atoms with Crippen LogP contribution in [0.5, 0.6) is 5.75 Å². The number of benzene rings is 1.